The normalized spacial score (nSPS) is 11.3. The molecule has 0 aliphatic rings. The number of benzene rings is 3. The number of hydrogen-bond donors (Lipinski definition) is 1. The second-order valence-corrected chi connectivity index (χ2v) is 8.62. The van der Waals surface area contributed by atoms with Crippen LogP contribution in [0.1, 0.15) is 27.2 Å². The molecule has 1 atom stereocenters. The molecule has 1 aromatic heterocycles. The number of carbonyl (C=O) groups excluding carboxylic acids is 2. The molecule has 0 aliphatic carbocycles. The molecular weight excluding hydrogens is 480 g/mol. The summed E-state index contributed by atoms with van der Waals surface area (Å²) < 4.78 is 16.5. The molecule has 0 aliphatic heterocycles. The molecule has 7 nitrogen and oxygen atoms in total. The SMILES string of the molecule is COC(=O)C(Cc1ccc(OCc2ccccc2)cc1)NC(=O)c1ccc(OCCc2ccccn2)cc1. The van der Waals surface area contributed by atoms with Gasteiger partial charge >= 0.3 is 5.97 Å². The molecule has 0 spiro atoms. The zero-order chi connectivity index (χ0) is 26.6. The first-order valence-electron chi connectivity index (χ1n) is 12.4. The third-order valence-corrected chi connectivity index (χ3v) is 5.87. The van der Waals surface area contributed by atoms with Gasteiger partial charge in [0.05, 0.1) is 13.7 Å². The van der Waals surface area contributed by atoms with Crippen molar-refractivity contribution >= 4 is 11.9 Å². The van der Waals surface area contributed by atoms with Crippen molar-refractivity contribution in [3.8, 4) is 11.5 Å². The number of pyridine rings is 1. The van der Waals surface area contributed by atoms with Crippen molar-refractivity contribution in [2.75, 3.05) is 13.7 Å². The summed E-state index contributed by atoms with van der Waals surface area (Å²) in [6, 6.07) is 29.1. The van der Waals surface area contributed by atoms with E-state index in [4.69, 9.17) is 14.2 Å². The van der Waals surface area contributed by atoms with Crippen molar-refractivity contribution in [2.24, 2.45) is 0 Å². The Balaban J connectivity index is 1.30. The number of carbonyl (C=O) groups is 2. The van der Waals surface area contributed by atoms with Gasteiger partial charge in [0.1, 0.15) is 24.1 Å². The maximum atomic E-state index is 12.9. The molecule has 194 valence electrons. The number of methoxy groups -OCH3 is 1. The summed E-state index contributed by atoms with van der Waals surface area (Å²) >= 11 is 0. The molecule has 38 heavy (non-hydrogen) atoms. The van der Waals surface area contributed by atoms with Crippen molar-refractivity contribution in [1.29, 1.82) is 0 Å². The minimum atomic E-state index is -0.835. The molecule has 3 aromatic carbocycles. The summed E-state index contributed by atoms with van der Waals surface area (Å²) in [6.45, 7) is 0.943. The van der Waals surface area contributed by atoms with Gasteiger partial charge in [-0.05, 0) is 59.7 Å². The average Bonchev–Trinajstić information content (AvgIpc) is 2.97. The van der Waals surface area contributed by atoms with Crippen LogP contribution in [-0.4, -0.2) is 36.6 Å². The number of rotatable bonds is 12. The molecule has 0 radical (unpaired) electrons. The summed E-state index contributed by atoms with van der Waals surface area (Å²) in [5.74, 6) is 0.482. The monoisotopic (exact) mass is 510 g/mol. The van der Waals surface area contributed by atoms with Crippen LogP contribution < -0.4 is 14.8 Å². The molecule has 7 heteroatoms. The second-order valence-electron chi connectivity index (χ2n) is 8.62. The number of hydrogen-bond acceptors (Lipinski definition) is 6. The van der Waals surface area contributed by atoms with E-state index in [2.05, 4.69) is 10.3 Å². The van der Waals surface area contributed by atoms with E-state index in [9.17, 15) is 9.59 Å². The lowest BCUT2D eigenvalue weighted by atomic mass is 10.0. The van der Waals surface area contributed by atoms with E-state index in [-0.39, 0.29) is 12.3 Å². The molecule has 0 fully saturated rings. The van der Waals surface area contributed by atoms with E-state index >= 15 is 0 Å². The summed E-state index contributed by atoms with van der Waals surface area (Å²) in [5.41, 5.74) is 3.31. The van der Waals surface area contributed by atoms with Crippen LogP contribution in [0.25, 0.3) is 0 Å². The standard InChI is InChI=1S/C31H30N2O5/c1-36-31(35)29(21-23-10-14-28(15-11-23)38-22-24-7-3-2-4-8-24)33-30(34)25-12-16-27(17-13-25)37-20-18-26-9-5-6-19-32-26/h2-17,19,29H,18,20-22H2,1H3,(H,33,34). The van der Waals surface area contributed by atoms with Crippen LogP contribution in [-0.2, 0) is 29.0 Å². The smallest absolute Gasteiger partial charge is 0.328 e. The zero-order valence-corrected chi connectivity index (χ0v) is 21.2. The van der Waals surface area contributed by atoms with E-state index in [0.29, 0.717) is 30.9 Å². The lowest BCUT2D eigenvalue weighted by Gasteiger charge is -2.17. The molecule has 4 rings (SSSR count). The molecule has 0 saturated carbocycles. The number of esters is 1. The van der Waals surface area contributed by atoms with E-state index in [1.54, 1.807) is 30.5 Å². The van der Waals surface area contributed by atoms with Gasteiger partial charge in [0.2, 0.25) is 0 Å². The van der Waals surface area contributed by atoms with E-state index in [1.165, 1.54) is 7.11 Å². The van der Waals surface area contributed by atoms with E-state index < -0.39 is 12.0 Å². The first-order valence-corrected chi connectivity index (χ1v) is 12.4. The van der Waals surface area contributed by atoms with Gasteiger partial charge in [0.25, 0.3) is 5.91 Å². The zero-order valence-electron chi connectivity index (χ0n) is 21.2. The molecule has 0 bridgehead atoms. The molecule has 1 amide bonds. The molecule has 1 unspecified atom stereocenters. The Kier molecular flexibility index (Phi) is 9.45. The maximum absolute atomic E-state index is 12.9. The largest absolute Gasteiger partial charge is 0.493 e. The lowest BCUT2D eigenvalue weighted by molar-refractivity contribution is -0.142. The topological polar surface area (TPSA) is 86.8 Å². The Labute approximate surface area is 222 Å². The Morgan fingerprint density at radius 2 is 1.47 bits per heavy atom. The highest BCUT2D eigenvalue weighted by Gasteiger charge is 2.22. The van der Waals surface area contributed by atoms with Crippen LogP contribution in [0.3, 0.4) is 0 Å². The van der Waals surface area contributed by atoms with Crippen molar-refractivity contribution in [3.05, 3.63) is 126 Å². The quantitative estimate of drug-likeness (QED) is 0.276. The van der Waals surface area contributed by atoms with Crippen LogP contribution in [0.15, 0.2) is 103 Å². The van der Waals surface area contributed by atoms with Crippen molar-refractivity contribution in [2.45, 2.75) is 25.5 Å². The highest BCUT2D eigenvalue weighted by atomic mass is 16.5. The first kappa shape index (κ1) is 26.4. The molecule has 1 N–H and O–H groups in total. The van der Waals surface area contributed by atoms with Gasteiger partial charge in [-0.1, -0.05) is 48.5 Å². The van der Waals surface area contributed by atoms with Crippen molar-refractivity contribution < 1.29 is 23.8 Å². The first-order chi connectivity index (χ1) is 18.6. The minimum Gasteiger partial charge on any atom is -0.493 e. The Morgan fingerprint density at radius 1 is 0.789 bits per heavy atom. The summed E-state index contributed by atoms with van der Waals surface area (Å²) in [5, 5.41) is 2.78. The van der Waals surface area contributed by atoms with Gasteiger partial charge in [-0.15, -0.1) is 0 Å². The van der Waals surface area contributed by atoms with Crippen molar-refractivity contribution in [1.82, 2.24) is 10.3 Å². The molecular formula is C31H30N2O5. The van der Waals surface area contributed by atoms with Crippen LogP contribution in [0, 0.1) is 0 Å². The van der Waals surface area contributed by atoms with Crippen LogP contribution in [0.5, 0.6) is 11.5 Å². The average molecular weight is 511 g/mol. The number of amides is 1. The summed E-state index contributed by atoms with van der Waals surface area (Å²) in [7, 11) is 1.30. The molecule has 0 saturated heterocycles. The van der Waals surface area contributed by atoms with Crippen molar-refractivity contribution in [3.63, 3.8) is 0 Å². The van der Waals surface area contributed by atoms with Gasteiger partial charge < -0.3 is 19.5 Å². The fourth-order valence-corrected chi connectivity index (χ4v) is 3.80. The predicted molar refractivity (Wildman–Crippen MR) is 144 cm³/mol. The van der Waals surface area contributed by atoms with E-state index in [1.807, 2.05) is 72.8 Å². The maximum Gasteiger partial charge on any atom is 0.328 e. The van der Waals surface area contributed by atoms with Crippen LogP contribution in [0.4, 0.5) is 0 Å². The van der Waals surface area contributed by atoms with E-state index in [0.717, 1.165) is 22.6 Å². The van der Waals surface area contributed by atoms with Gasteiger partial charge in [0.15, 0.2) is 0 Å². The Morgan fingerprint density at radius 3 is 2.16 bits per heavy atom. The third kappa shape index (κ3) is 7.93. The number of nitrogens with one attached hydrogen (secondary N) is 1. The minimum absolute atomic E-state index is 0.284. The summed E-state index contributed by atoms with van der Waals surface area (Å²) in [6.07, 6.45) is 2.72. The fourth-order valence-electron chi connectivity index (χ4n) is 3.80. The fraction of sp³-hybridized carbons (Fsp3) is 0.194. The van der Waals surface area contributed by atoms with Gasteiger partial charge in [-0.3, -0.25) is 9.78 Å². The Hall–Kier alpha value is -4.65. The molecule has 4 aromatic rings. The van der Waals surface area contributed by atoms with Gasteiger partial charge in [0, 0.05) is 30.3 Å². The van der Waals surface area contributed by atoms with Crippen LogP contribution in [0.2, 0.25) is 0 Å². The number of ether oxygens (including phenoxy) is 3. The van der Waals surface area contributed by atoms with Gasteiger partial charge in [-0.25, -0.2) is 4.79 Å². The Bertz CT molecular complexity index is 1290. The summed E-state index contributed by atoms with van der Waals surface area (Å²) in [4.78, 5) is 29.5. The number of nitrogens with zero attached hydrogens (tertiary/aromatic N) is 1. The predicted octanol–water partition coefficient (Wildman–Crippen LogP) is 4.80. The lowest BCUT2D eigenvalue weighted by Crippen LogP contribution is -2.43. The number of aromatic nitrogens is 1. The second kappa shape index (κ2) is 13.6. The third-order valence-electron chi connectivity index (χ3n) is 5.87. The highest BCUT2D eigenvalue weighted by Crippen LogP contribution is 2.17. The van der Waals surface area contributed by atoms with Crippen LogP contribution >= 0.6 is 0 Å². The molecule has 1 heterocycles. The van der Waals surface area contributed by atoms with Gasteiger partial charge in [-0.2, -0.15) is 0 Å². The highest BCUT2D eigenvalue weighted by molar-refractivity contribution is 5.96.